The Kier molecular flexibility index (Phi) is 2.47. The number of imidazole rings is 1. The maximum Gasteiger partial charge on any atom is 0.392 e. The Bertz CT molecular complexity index is 533. The number of aromatic nitrogens is 2. The van der Waals surface area contributed by atoms with Gasteiger partial charge in [0.2, 0.25) is 5.65 Å². The average Bonchev–Trinajstić information content (AvgIpc) is 2.53. The summed E-state index contributed by atoms with van der Waals surface area (Å²) < 4.78 is 6.72. The van der Waals surface area contributed by atoms with E-state index in [1.54, 1.807) is 38.2 Å². The molecule has 16 heavy (non-hydrogen) atoms. The van der Waals surface area contributed by atoms with Gasteiger partial charge in [-0.05, 0) is 24.8 Å². The average molecular weight is 221 g/mol. The molecule has 0 saturated carbocycles. The molecule has 84 valence electrons. The van der Waals surface area contributed by atoms with Crippen molar-refractivity contribution in [1.29, 1.82) is 0 Å². The summed E-state index contributed by atoms with van der Waals surface area (Å²) in [5.74, 6) is -0.0736. The van der Waals surface area contributed by atoms with Gasteiger partial charge in [-0.3, -0.25) is 0 Å². The number of hydrogen-bond acceptors (Lipinski definition) is 4. The molecular weight excluding hydrogens is 210 g/mol. The van der Waals surface area contributed by atoms with Crippen LogP contribution in [0.1, 0.15) is 13.8 Å². The SMILES string of the molecule is CC(C)Oc1nc2ccccn2c1[N+](=O)[O-]. The van der Waals surface area contributed by atoms with Crippen molar-refractivity contribution in [3.05, 3.63) is 34.5 Å². The van der Waals surface area contributed by atoms with E-state index in [2.05, 4.69) is 4.98 Å². The van der Waals surface area contributed by atoms with Gasteiger partial charge < -0.3 is 14.9 Å². The van der Waals surface area contributed by atoms with Crippen LogP contribution in [0.15, 0.2) is 24.4 Å². The van der Waals surface area contributed by atoms with Crippen LogP contribution in [-0.2, 0) is 0 Å². The number of hydrogen-bond donors (Lipinski definition) is 0. The zero-order valence-corrected chi connectivity index (χ0v) is 8.95. The Morgan fingerprint density at radius 3 is 2.88 bits per heavy atom. The first-order chi connectivity index (χ1) is 7.59. The Labute approximate surface area is 91.6 Å². The fraction of sp³-hybridized carbons (Fsp3) is 0.300. The van der Waals surface area contributed by atoms with E-state index in [0.29, 0.717) is 5.65 Å². The first kappa shape index (κ1) is 10.4. The summed E-state index contributed by atoms with van der Waals surface area (Å²) in [4.78, 5) is 14.5. The molecule has 6 heteroatoms. The van der Waals surface area contributed by atoms with Crippen LogP contribution in [-0.4, -0.2) is 20.4 Å². The molecular formula is C10H11N3O3. The van der Waals surface area contributed by atoms with Crippen LogP contribution in [0.4, 0.5) is 5.82 Å². The van der Waals surface area contributed by atoms with Gasteiger partial charge in [0, 0.05) is 6.07 Å². The molecule has 0 amide bonds. The van der Waals surface area contributed by atoms with Crippen LogP contribution in [0, 0.1) is 10.1 Å². The van der Waals surface area contributed by atoms with Gasteiger partial charge in [-0.2, -0.15) is 9.38 Å². The van der Waals surface area contributed by atoms with Crippen LogP contribution in [0.5, 0.6) is 5.88 Å². The normalized spacial score (nSPS) is 10.9. The van der Waals surface area contributed by atoms with Crippen molar-refractivity contribution in [1.82, 2.24) is 9.38 Å². The minimum atomic E-state index is -0.488. The molecule has 0 spiro atoms. The molecule has 0 radical (unpaired) electrons. The Hall–Kier alpha value is -2.11. The smallest absolute Gasteiger partial charge is 0.392 e. The number of pyridine rings is 1. The predicted molar refractivity (Wildman–Crippen MR) is 57.6 cm³/mol. The second-order valence-corrected chi connectivity index (χ2v) is 3.59. The molecule has 6 nitrogen and oxygen atoms in total. The molecule has 0 saturated heterocycles. The maximum atomic E-state index is 10.9. The van der Waals surface area contributed by atoms with Gasteiger partial charge >= 0.3 is 11.7 Å². The summed E-state index contributed by atoms with van der Waals surface area (Å²) in [6, 6.07) is 5.17. The fourth-order valence-electron chi connectivity index (χ4n) is 1.43. The monoisotopic (exact) mass is 221 g/mol. The van der Waals surface area contributed by atoms with Crippen molar-refractivity contribution < 1.29 is 9.66 Å². The summed E-state index contributed by atoms with van der Waals surface area (Å²) in [5, 5.41) is 10.9. The van der Waals surface area contributed by atoms with Crippen molar-refractivity contribution in [3.8, 4) is 5.88 Å². The van der Waals surface area contributed by atoms with Crippen molar-refractivity contribution in [3.63, 3.8) is 0 Å². The van der Waals surface area contributed by atoms with Crippen LogP contribution in [0.25, 0.3) is 5.65 Å². The van der Waals surface area contributed by atoms with E-state index in [1.807, 2.05) is 0 Å². The first-order valence-electron chi connectivity index (χ1n) is 4.87. The highest BCUT2D eigenvalue weighted by Gasteiger charge is 2.24. The van der Waals surface area contributed by atoms with E-state index in [1.165, 1.54) is 4.40 Å². The number of fused-ring (bicyclic) bond motifs is 1. The summed E-state index contributed by atoms with van der Waals surface area (Å²) in [5.41, 5.74) is 0.504. The quantitative estimate of drug-likeness (QED) is 0.587. The molecule has 0 aliphatic heterocycles. The summed E-state index contributed by atoms with van der Waals surface area (Å²) in [7, 11) is 0. The lowest BCUT2D eigenvalue weighted by molar-refractivity contribution is -0.391. The molecule has 0 aliphatic carbocycles. The molecule has 2 aromatic rings. The summed E-state index contributed by atoms with van der Waals surface area (Å²) >= 11 is 0. The van der Waals surface area contributed by atoms with Gasteiger partial charge in [0.25, 0.3) is 0 Å². The maximum absolute atomic E-state index is 10.9. The highest BCUT2D eigenvalue weighted by atomic mass is 16.6. The van der Waals surface area contributed by atoms with Crippen LogP contribution < -0.4 is 4.74 Å². The Morgan fingerprint density at radius 2 is 2.25 bits per heavy atom. The highest BCUT2D eigenvalue weighted by molar-refractivity contribution is 5.52. The zero-order chi connectivity index (χ0) is 11.7. The first-order valence-corrected chi connectivity index (χ1v) is 4.87. The van der Waals surface area contributed by atoms with E-state index in [9.17, 15) is 10.1 Å². The van der Waals surface area contributed by atoms with Gasteiger partial charge in [0.15, 0.2) is 0 Å². The standard InChI is InChI=1S/C10H11N3O3/c1-7(2)16-9-10(13(14)15)12-6-4-3-5-8(12)11-9/h3-7H,1-2H3. The number of ether oxygens (including phenoxy) is 1. The second kappa shape index (κ2) is 3.80. The predicted octanol–water partition coefficient (Wildman–Crippen LogP) is 2.03. The van der Waals surface area contributed by atoms with Crippen molar-refractivity contribution >= 4 is 11.5 Å². The molecule has 0 bridgehead atoms. The number of nitro groups is 1. The van der Waals surface area contributed by atoms with Gasteiger partial charge in [0.05, 0.1) is 12.3 Å². The molecule has 0 atom stereocenters. The lowest BCUT2D eigenvalue weighted by atomic mass is 10.5. The largest absolute Gasteiger partial charge is 0.469 e. The van der Waals surface area contributed by atoms with E-state index < -0.39 is 4.92 Å². The van der Waals surface area contributed by atoms with E-state index in [-0.39, 0.29) is 17.8 Å². The molecule has 0 unspecified atom stereocenters. The third-order valence-electron chi connectivity index (χ3n) is 1.99. The minimum absolute atomic E-state index is 0.0613. The van der Waals surface area contributed by atoms with Crippen molar-refractivity contribution in [2.24, 2.45) is 0 Å². The molecule has 0 aromatic carbocycles. The van der Waals surface area contributed by atoms with Crippen molar-refractivity contribution in [2.75, 3.05) is 0 Å². The van der Waals surface area contributed by atoms with Gasteiger partial charge in [-0.1, -0.05) is 6.07 Å². The molecule has 2 rings (SSSR count). The van der Waals surface area contributed by atoms with Gasteiger partial charge in [0.1, 0.15) is 0 Å². The van der Waals surface area contributed by atoms with Crippen LogP contribution in [0.2, 0.25) is 0 Å². The topological polar surface area (TPSA) is 69.7 Å². The third-order valence-corrected chi connectivity index (χ3v) is 1.99. The van der Waals surface area contributed by atoms with Gasteiger partial charge in [-0.15, -0.1) is 0 Å². The van der Waals surface area contributed by atoms with E-state index >= 15 is 0 Å². The molecule has 2 aromatic heterocycles. The fourth-order valence-corrected chi connectivity index (χ4v) is 1.43. The van der Waals surface area contributed by atoms with Crippen LogP contribution in [0.3, 0.4) is 0 Å². The Balaban J connectivity index is 2.63. The molecule has 0 N–H and O–H groups in total. The lowest BCUT2D eigenvalue weighted by Gasteiger charge is -2.05. The number of nitrogens with zero attached hydrogens (tertiary/aromatic N) is 3. The zero-order valence-electron chi connectivity index (χ0n) is 8.95. The minimum Gasteiger partial charge on any atom is -0.469 e. The second-order valence-electron chi connectivity index (χ2n) is 3.59. The molecule has 0 fully saturated rings. The molecule has 2 heterocycles. The third kappa shape index (κ3) is 1.69. The Morgan fingerprint density at radius 1 is 1.50 bits per heavy atom. The van der Waals surface area contributed by atoms with E-state index in [4.69, 9.17) is 4.74 Å². The van der Waals surface area contributed by atoms with E-state index in [0.717, 1.165) is 0 Å². The number of rotatable bonds is 3. The summed E-state index contributed by atoms with van der Waals surface area (Å²) in [6.07, 6.45) is 1.44. The lowest BCUT2D eigenvalue weighted by Crippen LogP contribution is -2.07. The molecule has 0 aliphatic rings. The van der Waals surface area contributed by atoms with Gasteiger partial charge in [-0.25, -0.2) is 0 Å². The van der Waals surface area contributed by atoms with Crippen LogP contribution >= 0.6 is 0 Å². The van der Waals surface area contributed by atoms with Crippen molar-refractivity contribution in [2.45, 2.75) is 20.0 Å². The highest BCUT2D eigenvalue weighted by Crippen LogP contribution is 2.27. The summed E-state index contributed by atoms with van der Waals surface area (Å²) in [6.45, 7) is 3.60.